The van der Waals surface area contributed by atoms with Crippen molar-refractivity contribution < 1.29 is 13.9 Å². The molecule has 0 bridgehead atoms. The van der Waals surface area contributed by atoms with Gasteiger partial charge in [-0.3, -0.25) is 14.2 Å². The van der Waals surface area contributed by atoms with Crippen LogP contribution in [0.2, 0.25) is 0 Å². The molecule has 0 aliphatic rings. The molecule has 0 aliphatic heterocycles. The van der Waals surface area contributed by atoms with Gasteiger partial charge in [0.1, 0.15) is 10.5 Å². The molecular formula is C19H20FN3O3S2. The number of thioether (sulfide) groups is 1. The molecule has 0 aliphatic carbocycles. The number of fused-ring (bicyclic) bond motifs is 1. The summed E-state index contributed by atoms with van der Waals surface area (Å²) < 4.78 is 21.0. The van der Waals surface area contributed by atoms with Gasteiger partial charge in [0.25, 0.3) is 5.56 Å². The number of nitrogens with one attached hydrogen (secondary N) is 1. The molecule has 0 atom stereocenters. The van der Waals surface area contributed by atoms with E-state index >= 15 is 0 Å². The van der Waals surface area contributed by atoms with Crippen LogP contribution in [0.3, 0.4) is 0 Å². The van der Waals surface area contributed by atoms with Gasteiger partial charge in [-0.15, -0.1) is 11.3 Å². The van der Waals surface area contributed by atoms with E-state index in [0.29, 0.717) is 34.1 Å². The lowest BCUT2D eigenvalue weighted by molar-refractivity contribution is -0.118. The molecule has 6 nitrogen and oxygen atoms in total. The fraction of sp³-hybridized carbons (Fsp3) is 0.316. The van der Waals surface area contributed by atoms with Crippen molar-refractivity contribution in [2.45, 2.75) is 18.1 Å². The van der Waals surface area contributed by atoms with Crippen LogP contribution in [-0.4, -0.2) is 41.5 Å². The average Bonchev–Trinajstić information content (AvgIpc) is 3.16. The van der Waals surface area contributed by atoms with Crippen molar-refractivity contribution in [3.05, 3.63) is 57.4 Å². The quantitative estimate of drug-likeness (QED) is 0.327. The van der Waals surface area contributed by atoms with Crippen LogP contribution in [0.15, 0.2) is 45.7 Å². The van der Waals surface area contributed by atoms with Gasteiger partial charge < -0.3 is 10.1 Å². The van der Waals surface area contributed by atoms with Crippen molar-refractivity contribution in [3.63, 3.8) is 0 Å². The third-order valence-corrected chi connectivity index (χ3v) is 5.86. The molecule has 1 N–H and O–H groups in total. The first-order chi connectivity index (χ1) is 13.6. The van der Waals surface area contributed by atoms with E-state index in [1.54, 1.807) is 36.8 Å². The molecule has 0 radical (unpaired) electrons. The molecule has 0 spiro atoms. The number of thiophene rings is 1. The maximum atomic E-state index is 14.1. The Labute approximate surface area is 169 Å². The van der Waals surface area contributed by atoms with Crippen molar-refractivity contribution in [2.24, 2.45) is 0 Å². The number of rotatable bonds is 9. The van der Waals surface area contributed by atoms with Gasteiger partial charge in [0.2, 0.25) is 5.91 Å². The number of aromatic nitrogens is 2. The number of carbonyl (C=O) groups excluding carboxylic acids is 1. The number of halogens is 1. The minimum absolute atomic E-state index is 0.0597. The molecule has 28 heavy (non-hydrogen) atoms. The fourth-order valence-corrected chi connectivity index (χ4v) is 4.20. The second kappa shape index (κ2) is 9.81. The summed E-state index contributed by atoms with van der Waals surface area (Å²) in [4.78, 5) is 29.5. The van der Waals surface area contributed by atoms with E-state index in [-0.39, 0.29) is 29.6 Å². The normalized spacial score (nSPS) is 11.1. The first kappa shape index (κ1) is 20.5. The van der Waals surface area contributed by atoms with Gasteiger partial charge in [0, 0.05) is 25.8 Å². The van der Waals surface area contributed by atoms with E-state index in [1.165, 1.54) is 33.7 Å². The molecule has 0 fully saturated rings. The van der Waals surface area contributed by atoms with Crippen molar-refractivity contribution in [2.75, 3.05) is 26.0 Å². The molecule has 1 aromatic carbocycles. The van der Waals surface area contributed by atoms with Gasteiger partial charge >= 0.3 is 0 Å². The maximum absolute atomic E-state index is 14.1. The number of methoxy groups -OCH3 is 1. The summed E-state index contributed by atoms with van der Waals surface area (Å²) >= 11 is 2.47. The number of amides is 1. The Kier molecular flexibility index (Phi) is 7.18. The van der Waals surface area contributed by atoms with Crippen LogP contribution < -0.4 is 10.9 Å². The van der Waals surface area contributed by atoms with Crippen LogP contribution in [0.5, 0.6) is 0 Å². The van der Waals surface area contributed by atoms with E-state index in [1.807, 2.05) is 0 Å². The standard InChI is InChI=1S/C19H20FN3O3S2/c1-26-9-4-8-21-16(24)12-28-19-22-15-7-10-27-17(15)18(25)23(19)11-13-5-2-3-6-14(13)20/h2-3,5-7,10H,4,8-9,11-12H2,1H3,(H,21,24). The number of hydrogen-bond acceptors (Lipinski definition) is 6. The minimum atomic E-state index is -0.382. The van der Waals surface area contributed by atoms with Gasteiger partial charge in [-0.25, -0.2) is 9.37 Å². The molecule has 2 aromatic heterocycles. The first-order valence-electron chi connectivity index (χ1n) is 8.70. The summed E-state index contributed by atoms with van der Waals surface area (Å²) in [5, 5.41) is 4.99. The summed E-state index contributed by atoms with van der Waals surface area (Å²) in [6.45, 7) is 1.16. The van der Waals surface area contributed by atoms with E-state index in [9.17, 15) is 14.0 Å². The van der Waals surface area contributed by atoms with E-state index in [4.69, 9.17) is 4.74 Å². The number of carbonyl (C=O) groups is 1. The Morgan fingerprint density at radius 2 is 2.18 bits per heavy atom. The largest absolute Gasteiger partial charge is 0.385 e. The SMILES string of the molecule is COCCCNC(=O)CSc1nc2ccsc2c(=O)n1Cc1ccccc1F. The summed E-state index contributed by atoms with van der Waals surface area (Å²) in [5.41, 5.74) is 0.752. The van der Waals surface area contributed by atoms with Crippen molar-refractivity contribution in [3.8, 4) is 0 Å². The summed E-state index contributed by atoms with van der Waals surface area (Å²) in [5.74, 6) is -0.419. The predicted octanol–water partition coefficient (Wildman–Crippen LogP) is 2.89. The van der Waals surface area contributed by atoms with Crippen LogP contribution in [0.1, 0.15) is 12.0 Å². The van der Waals surface area contributed by atoms with E-state index in [0.717, 1.165) is 6.42 Å². The van der Waals surface area contributed by atoms with Crippen LogP contribution in [0.4, 0.5) is 4.39 Å². The smallest absolute Gasteiger partial charge is 0.272 e. The van der Waals surface area contributed by atoms with Crippen LogP contribution >= 0.6 is 23.1 Å². The number of hydrogen-bond donors (Lipinski definition) is 1. The zero-order valence-electron chi connectivity index (χ0n) is 15.3. The van der Waals surface area contributed by atoms with Gasteiger partial charge in [-0.2, -0.15) is 0 Å². The molecule has 2 heterocycles. The number of nitrogens with zero attached hydrogens (tertiary/aromatic N) is 2. The summed E-state index contributed by atoms with van der Waals surface area (Å²) in [6.07, 6.45) is 0.726. The summed E-state index contributed by atoms with van der Waals surface area (Å²) in [6, 6.07) is 8.09. The average molecular weight is 422 g/mol. The molecule has 3 aromatic rings. The third kappa shape index (κ3) is 4.98. The van der Waals surface area contributed by atoms with Crippen LogP contribution in [0.25, 0.3) is 10.2 Å². The highest BCUT2D eigenvalue weighted by molar-refractivity contribution is 7.99. The second-order valence-corrected chi connectivity index (χ2v) is 7.86. The van der Waals surface area contributed by atoms with Gasteiger partial charge in [0.15, 0.2) is 5.16 Å². The number of ether oxygens (including phenoxy) is 1. The molecule has 0 saturated carbocycles. The third-order valence-electron chi connectivity index (χ3n) is 4.00. The maximum Gasteiger partial charge on any atom is 0.272 e. The van der Waals surface area contributed by atoms with Crippen LogP contribution in [0, 0.1) is 5.82 Å². The Hall–Kier alpha value is -2.23. The first-order valence-corrected chi connectivity index (χ1v) is 10.6. The molecule has 1 amide bonds. The van der Waals surface area contributed by atoms with Gasteiger partial charge in [-0.1, -0.05) is 30.0 Å². The number of benzene rings is 1. The highest BCUT2D eigenvalue weighted by Gasteiger charge is 2.15. The van der Waals surface area contributed by atoms with Crippen LogP contribution in [-0.2, 0) is 16.1 Å². The predicted molar refractivity (Wildman–Crippen MR) is 110 cm³/mol. The van der Waals surface area contributed by atoms with E-state index in [2.05, 4.69) is 10.3 Å². The monoisotopic (exact) mass is 421 g/mol. The molecular weight excluding hydrogens is 401 g/mol. The highest BCUT2D eigenvalue weighted by Crippen LogP contribution is 2.22. The fourth-order valence-electron chi connectivity index (χ4n) is 2.60. The Morgan fingerprint density at radius 3 is 2.96 bits per heavy atom. The zero-order chi connectivity index (χ0) is 19.9. The molecule has 9 heteroatoms. The molecule has 148 valence electrons. The topological polar surface area (TPSA) is 73.2 Å². The highest BCUT2D eigenvalue weighted by atomic mass is 32.2. The van der Waals surface area contributed by atoms with Crippen molar-refractivity contribution in [1.82, 2.24) is 14.9 Å². The van der Waals surface area contributed by atoms with Gasteiger partial charge in [0.05, 0.1) is 17.8 Å². The molecule has 3 rings (SSSR count). The van der Waals surface area contributed by atoms with E-state index < -0.39 is 0 Å². The molecule has 0 saturated heterocycles. The lowest BCUT2D eigenvalue weighted by Gasteiger charge is -2.12. The Bertz CT molecular complexity index is 1020. The molecule has 0 unspecified atom stereocenters. The summed E-state index contributed by atoms with van der Waals surface area (Å²) in [7, 11) is 1.61. The Balaban J connectivity index is 1.81. The van der Waals surface area contributed by atoms with Gasteiger partial charge in [-0.05, 0) is 23.9 Å². The lowest BCUT2D eigenvalue weighted by Crippen LogP contribution is -2.28. The second-order valence-electron chi connectivity index (χ2n) is 6.00. The Morgan fingerprint density at radius 1 is 1.36 bits per heavy atom. The van der Waals surface area contributed by atoms with Crippen molar-refractivity contribution >= 4 is 39.2 Å². The minimum Gasteiger partial charge on any atom is -0.385 e. The zero-order valence-corrected chi connectivity index (χ0v) is 16.9. The lowest BCUT2D eigenvalue weighted by atomic mass is 10.2. The van der Waals surface area contributed by atoms with Crippen molar-refractivity contribution in [1.29, 1.82) is 0 Å².